The Balaban J connectivity index is 1.94. The Labute approximate surface area is 124 Å². The van der Waals surface area contributed by atoms with Gasteiger partial charge in [0.25, 0.3) is 0 Å². The monoisotopic (exact) mass is 283 g/mol. The summed E-state index contributed by atoms with van der Waals surface area (Å²) < 4.78 is 5.68. The molecule has 1 rings (SSSR count). The van der Waals surface area contributed by atoms with Gasteiger partial charge >= 0.3 is 0 Å². The lowest BCUT2D eigenvalue weighted by atomic mass is 9.85. The minimum atomic E-state index is -0.379. The Morgan fingerprint density at radius 1 is 1.25 bits per heavy atom. The van der Waals surface area contributed by atoms with Crippen LogP contribution in [0.25, 0.3) is 0 Å². The van der Waals surface area contributed by atoms with Gasteiger partial charge in [-0.05, 0) is 37.6 Å². The smallest absolute Gasteiger partial charge is 0.0897 e. The molecule has 0 spiro atoms. The maximum atomic E-state index is 9.85. The number of allylic oxidation sites excluding steroid dienone is 2. The molecule has 0 saturated heterocycles. The number of aliphatic hydroxyl groups excluding tert-OH is 1. The summed E-state index contributed by atoms with van der Waals surface area (Å²) >= 11 is 0. The molecule has 0 fully saturated rings. The van der Waals surface area contributed by atoms with E-state index in [2.05, 4.69) is 31.3 Å². The molecular weight excluding hydrogens is 250 g/mol. The van der Waals surface area contributed by atoms with Gasteiger partial charge in [-0.2, -0.15) is 0 Å². The van der Waals surface area contributed by atoms with Crippen LogP contribution < -0.4 is 5.32 Å². The lowest BCUT2D eigenvalue weighted by Gasteiger charge is -2.25. The second-order valence-corrected chi connectivity index (χ2v) is 6.14. The third kappa shape index (κ3) is 8.03. The molecule has 0 amide bonds. The van der Waals surface area contributed by atoms with Crippen LogP contribution in [0.1, 0.15) is 52.4 Å². The van der Waals surface area contributed by atoms with Crippen molar-refractivity contribution in [3.8, 4) is 0 Å². The van der Waals surface area contributed by atoms with Gasteiger partial charge in [0.2, 0.25) is 0 Å². The van der Waals surface area contributed by atoms with E-state index in [4.69, 9.17) is 4.74 Å². The van der Waals surface area contributed by atoms with E-state index in [1.807, 2.05) is 0 Å². The van der Waals surface area contributed by atoms with Gasteiger partial charge in [0, 0.05) is 6.54 Å². The average Bonchev–Trinajstić information content (AvgIpc) is 2.45. The molecular formula is C17H33NO2. The first-order valence-electron chi connectivity index (χ1n) is 8.35. The van der Waals surface area contributed by atoms with Crippen molar-refractivity contribution in [1.82, 2.24) is 5.32 Å². The van der Waals surface area contributed by atoms with Gasteiger partial charge in [-0.15, -0.1) is 0 Å². The van der Waals surface area contributed by atoms with Crippen molar-refractivity contribution in [3.05, 3.63) is 12.2 Å². The van der Waals surface area contributed by atoms with Gasteiger partial charge in [0.15, 0.2) is 0 Å². The zero-order valence-electron chi connectivity index (χ0n) is 13.3. The van der Waals surface area contributed by atoms with Gasteiger partial charge in [0.1, 0.15) is 0 Å². The second kappa shape index (κ2) is 11.3. The van der Waals surface area contributed by atoms with Crippen molar-refractivity contribution in [1.29, 1.82) is 0 Å². The minimum Gasteiger partial charge on any atom is -0.389 e. The molecule has 0 saturated carbocycles. The first kappa shape index (κ1) is 17.7. The first-order valence-corrected chi connectivity index (χ1v) is 8.35. The molecule has 1 aliphatic rings. The van der Waals surface area contributed by atoms with Gasteiger partial charge in [-0.1, -0.05) is 45.3 Å². The van der Waals surface area contributed by atoms with E-state index in [1.54, 1.807) is 0 Å². The summed E-state index contributed by atoms with van der Waals surface area (Å²) in [5.41, 5.74) is 0. The van der Waals surface area contributed by atoms with Crippen LogP contribution in [0.15, 0.2) is 12.2 Å². The van der Waals surface area contributed by atoms with Gasteiger partial charge in [-0.3, -0.25) is 0 Å². The molecule has 20 heavy (non-hydrogen) atoms. The van der Waals surface area contributed by atoms with Crippen LogP contribution in [-0.2, 0) is 4.74 Å². The summed E-state index contributed by atoms with van der Waals surface area (Å²) in [5, 5.41) is 13.1. The highest BCUT2D eigenvalue weighted by Gasteiger charge is 2.18. The Kier molecular flexibility index (Phi) is 9.98. The average molecular weight is 283 g/mol. The van der Waals surface area contributed by atoms with Crippen LogP contribution >= 0.6 is 0 Å². The minimum absolute atomic E-state index is 0.379. The van der Waals surface area contributed by atoms with E-state index in [0.29, 0.717) is 25.0 Å². The van der Waals surface area contributed by atoms with E-state index < -0.39 is 0 Å². The molecule has 0 aromatic heterocycles. The van der Waals surface area contributed by atoms with Gasteiger partial charge < -0.3 is 15.2 Å². The molecule has 0 radical (unpaired) electrons. The third-order valence-electron chi connectivity index (χ3n) is 4.15. The Bertz CT molecular complexity index is 255. The highest BCUT2D eigenvalue weighted by molar-refractivity contribution is 4.93. The largest absolute Gasteiger partial charge is 0.389 e. The fourth-order valence-corrected chi connectivity index (χ4v) is 2.60. The fraction of sp³-hybridized carbons (Fsp3) is 0.882. The summed E-state index contributed by atoms with van der Waals surface area (Å²) in [6, 6.07) is 0. The van der Waals surface area contributed by atoms with E-state index in [1.165, 1.54) is 25.7 Å². The van der Waals surface area contributed by atoms with Gasteiger partial charge in [-0.25, -0.2) is 0 Å². The number of ether oxygens (including phenoxy) is 1. The molecule has 3 atom stereocenters. The highest BCUT2D eigenvalue weighted by Crippen LogP contribution is 2.24. The molecule has 0 aromatic carbocycles. The SMILES string of the molecule is CCCCCCNCC(O)COCC1CC=CCC1C. The molecule has 0 bridgehead atoms. The molecule has 0 aliphatic heterocycles. The first-order chi connectivity index (χ1) is 9.74. The third-order valence-corrected chi connectivity index (χ3v) is 4.15. The summed E-state index contributed by atoms with van der Waals surface area (Å²) in [6.45, 7) is 7.38. The molecule has 0 aromatic rings. The fourth-order valence-electron chi connectivity index (χ4n) is 2.60. The van der Waals surface area contributed by atoms with E-state index in [0.717, 1.165) is 26.0 Å². The van der Waals surface area contributed by atoms with Gasteiger partial charge in [0.05, 0.1) is 19.3 Å². The van der Waals surface area contributed by atoms with Crippen molar-refractivity contribution in [2.45, 2.75) is 58.5 Å². The molecule has 1 aliphatic carbocycles. The maximum Gasteiger partial charge on any atom is 0.0897 e. The number of hydrogen-bond donors (Lipinski definition) is 2. The number of nitrogens with one attached hydrogen (secondary N) is 1. The normalized spacial score (nSPS) is 23.9. The van der Waals surface area contributed by atoms with Crippen molar-refractivity contribution in [2.24, 2.45) is 11.8 Å². The van der Waals surface area contributed by atoms with Crippen molar-refractivity contribution >= 4 is 0 Å². The number of rotatable bonds is 11. The topological polar surface area (TPSA) is 41.5 Å². The number of aliphatic hydroxyl groups is 1. The lowest BCUT2D eigenvalue weighted by molar-refractivity contribution is 0.0129. The van der Waals surface area contributed by atoms with Crippen LogP contribution in [0.4, 0.5) is 0 Å². The summed E-state index contributed by atoms with van der Waals surface area (Å²) in [4.78, 5) is 0. The zero-order chi connectivity index (χ0) is 14.6. The molecule has 3 heteroatoms. The Hall–Kier alpha value is -0.380. The van der Waals surface area contributed by atoms with E-state index in [9.17, 15) is 5.11 Å². The van der Waals surface area contributed by atoms with E-state index >= 15 is 0 Å². The molecule has 3 nitrogen and oxygen atoms in total. The Morgan fingerprint density at radius 2 is 2.05 bits per heavy atom. The van der Waals surface area contributed by atoms with E-state index in [-0.39, 0.29) is 6.10 Å². The quantitative estimate of drug-likeness (QED) is 0.452. The predicted molar refractivity (Wildman–Crippen MR) is 84.9 cm³/mol. The molecule has 118 valence electrons. The molecule has 2 N–H and O–H groups in total. The van der Waals surface area contributed by atoms with Crippen LogP contribution in [0.5, 0.6) is 0 Å². The molecule has 3 unspecified atom stereocenters. The maximum absolute atomic E-state index is 9.85. The summed E-state index contributed by atoms with van der Waals surface area (Å²) in [6.07, 6.45) is 11.5. The molecule has 0 heterocycles. The van der Waals surface area contributed by atoms with Crippen LogP contribution in [0.3, 0.4) is 0 Å². The van der Waals surface area contributed by atoms with Crippen LogP contribution in [-0.4, -0.2) is 37.5 Å². The number of hydrogen-bond acceptors (Lipinski definition) is 3. The predicted octanol–water partition coefficient (Wildman–Crippen LogP) is 3.14. The summed E-state index contributed by atoms with van der Waals surface area (Å²) in [5.74, 6) is 1.32. The standard InChI is InChI=1S/C17H33NO2/c1-3-4-5-8-11-18-12-17(19)14-20-13-16-10-7-6-9-15(16)2/h6-7,15-19H,3-5,8-14H2,1-2H3. The lowest BCUT2D eigenvalue weighted by Crippen LogP contribution is -2.32. The van der Waals surface area contributed by atoms with Crippen molar-refractivity contribution in [3.63, 3.8) is 0 Å². The van der Waals surface area contributed by atoms with Crippen molar-refractivity contribution in [2.75, 3.05) is 26.3 Å². The number of unbranched alkanes of at least 4 members (excludes halogenated alkanes) is 3. The summed E-state index contributed by atoms with van der Waals surface area (Å²) in [7, 11) is 0. The second-order valence-electron chi connectivity index (χ2n) is 6.14. The Morgan fingerprint density at radius 3 is 2.80 bits per heavy atom. The zero-order valence-corrected chi connectivity index (χ0v) is 13.3. The van der Waals surface area contributed by atoms with Crippen LogP contribution in [0.2, 0.25) is 0 Å². The van der Waals surface area contributed by atoms with Crippen molar-refractivity contribution < 1.29 is 9.84 Å². The van der Waals surface area contributed by atoms with Crippen LogP contribution in [0, 0.1) is 11.8 Å². The highest BCUT2D eigenvalue weighted by atomic mass is 16.5.